The first-order valence-electron chi connectivity index (χ1n) is 46.6. The maximum Gasteiger partial charge on any atom is 0.308 e. The van der Waals surface area contributed by atoms with Gasteiger partial charge in [0.2, 0.25) is 65.4 Å². The van der Waals surface area contributed by atoms with Crippen molar-refractivity contribution in [3.8, 4) is 5.75 Å². The number of rotatable bonds is 43. The fraction of sp³-hybridized carbons (Fsp3) is 0.802. The van der Waals surface area contributed by atoms with Crippen molar-refractivity contribution in [2.45, 2.75) is 364 Å². The number of aliphatic hydroxyl groups excluding tert-OH is 21. The van der Waals surface area contributed by atoms with E-state index >= 15 is 24.0 Å². The molecule has 7 fully saturated rings. The van der Waals surface area contributed by atoms with Crippen LogP contribution in [0.3, 0.4) is 0 Å². The molecule has 7 aliphatic rings. The Morgan fingerprint density at radius 2 is 0.993 bits per heavy atom. The summed E-state index contributed by atoms with van der Waals surface area (Å²) in [7, 11) is 0. The summed E-state index contributed by atoms with van der Waals surface area (Å²) in [4.78, 5) is 160. The minimum absolute atomic E-state index is 0.205. The van der Waals surface area contributed by atoms with Gasteiger partial charge >= 0.3 is 5.97 Å². The summed E-state index contributed by atoms with van der Waals surface area (Å²) in [6.07, 6.45) is -50.7. The van der Waals surface area contributed by atoms with Gasteiger partial charge in [-0.15, -0.1) is 0 Å². The highest BCUT2D eigenvalue weighted by atomic mass is 16.8. The van der Waals surface area contributed by atoms with E-state index in [1.165, 1.54) is 0 Å². The van der Waals surface area contributed by atoms with Gasteiger partial charge < -0.3 is 198 Å². The molecule has 0 aliphatic carbocycles. The SMILES string of the molecule is CC[C@H](C)C[C@H](C)CCCCCCCCC(=O)N[C@H]1C[C@@H](O)[C@@H](NCCNC(=O)CCCC(=O)OC2O[C@H](CO)[C@@H](O[C@@H]3O[C@H](CO)[C@H](O)[C@H](O)[C@H]3O)[C@H](O)[C@H]2O)NC(=O)C2[C@@H](O)CCN2C(=O)C([C@H](O)CCNC(=O)CCCC(=O)NC2O[C@H](CO)[C@@H](O[C@@H]3O[C@H](CO)[C@H](O)[C@H](O)[C@H]3O)[C@H](O)[C@H]2O)NC(=O)C([C@H](O)[C@@H](O)c2ccc(O)cc2)NC(=O)C2C[C@@H](O)CN2C(=O)C([C@@H](C)O)NC1=O. The number of carbonyl (C=O) groups excluding carboxylic acids is 11. The molecule has 7 unspecified atom stereocenters. The third-order valence-electron chi connectivity index (χ3n) is 25.6. The minimum atomic E-state index is -2.52. The fourth-order valence-corrected chi connectivity index (χ4v) is 17.4. The van der Waals surface area contributed by atoms with Crippen LogP contribution in [0.25, 0.3) is 0 Å². The molecule has 8 rings (SSSR count). The van der Waals surface area contributed by atoms with Gasteiger partial charge in [0.1, 0.15) is 158 Å². The van der Waals surface area contributed by atoms with Crippen molar-refractivity contribution in [1.82, 2.24) is 57.7 Å². The van der Waals surface area contributed by atoms with E-state index in [-0.39, 0.29) is 30.6 Å². The maximum atomic E-state index is 15.5. The van der Waals surface area contributed by atoms with Crippen LogP contribution in [0, 0.1) is 11.8 Å². The first kappa shape index (κ1) is 114. The van der Waals surface area contributed by atoms with E-state index in [9.17, 15) is 141 Å². The molecule has 36 atom stereocenters. The highest BCUT2D eigenvalue weighted by Gasteiger charge is 2.56. The van der Waals surface area contributed by atoms with Crippen LogP contribution in [0.15, 0.2) is 24.3 Å². The van der Waals surface area contributed by atoms with Crippen molar-refractivity contribution < 1.29 is 198 Å². The zero-order valence-electron chi connectivity index (χ0n) is 76.7. The molecule has 7 aliphatic heterocycles. The second kappa shape index (κ2) is 54.9. The molecule has 0 aromatic heterocycles. The smallest absolute Gasteiger partial charge is 0.308 e. The molecule has 0 radical (unpaired) electrons. The number of phenols is 1. The van der Waals surface area contributed by atoms with Gasteiger partial charge in [-0.25, -0.2) is 0 Å². The molecule has 10 amide bonds. The number of hydrogen-bond donors (Lipinski definition) is 31. The number of esters is 1. The number of ether oxygens (including phenoxy) is 7. The zero-order valence-corrected chi connectivity index (χ0v) is 76.7. The predicted molar refractivity (Wildman–Crippen MR) is 463 cm³/mol. The van der Waals surface area contributed by atoms with Gasteiger partial charge in [0.25, 0.3) is 0 Å². The van der Waals surface area contributed by atoms with Gasteiger partial charge in [0, 0.05) is 77.7 Å². The quantitative estimate of drug-likeness (QED) is 0.0213. The van der Waals surface area contributed by atoms with Crippen LogP contribution in [-0.4, -0.2) is 448 Å². The Kier molecular flexibility index (Phi) is 45.8. The molecule has 137 heavy (non-hydrogen) atoms. The van der Waals surface area contributed by atoms with Crippen molar-refractivity contribution >= 4 is 65.0 Å². The van der Waals surface area contributed by atoms with Gasteiger partial charge in [0.05, 0.1) is 56.9 Å². The lowest BCUT2D eigenvalue weighted by atomic mass is 9.91. The first-order valence-corrected chi connectivity index (χ1v) is 46.6. The third-order valence-corrected chi connectivity index (χ3v) is 25.6. The number of amides is 10. The fourth-order valence-electron chi connectivity index (χ4n) is 17.4. The second-order valence-electron chi connectivity index (χ2n) is 36.2. The number of unbranched alkanes of at least 4 members (excludes halogenated alkanes) is 5. The summed E-state index contributed by atoms with van der Waals surface area (Å²) in [6, 6.07) is -8.54. The Labute approximate surface area is 788 Å². The third kappa shape index (κ3) is 31.8. The topological polar surface area (TPSA) is 812 Å². The van der Waals surface area contributed by atoms with Gasteiger partial charge in [0.15, 0.2) is 18.8 Å². The average molecular weight is 1970 g/mol. The molecule has 51 heteroatoms. The molecular formula is C86H141N11O40. The minimum Gasteiger partial charge on any atom is -0.508 e. The predicted octanol–water partition coefficient (Wildman–Crippen LogP) is -12.7. The van der Waals surface area contributed by atoms with Gasteiger partial charge in [-0.05, 0) is 75.0 Å². The lowest BCUT2D eigenvalue weighted by Crippen LogP contribution is -2.66. The molecule has 1 aromatic rings. The number of carbonyl (C=O) groups is 11. The van der Waals surface area contributed by atoms with E-state index in [1.807, 2.05) is 0 Å². The largest absolute Gasteiger partial charge is 0.508 e. The average Bonchev–Trinajstić information content (AvgIpc) is 1.44. The Morgan fingerprint density at radius 3 is 1.58 bits per heavy atom. The second-order valence-corrected chi connectivity index (χ2v) is 36.2. The highest BCUT2D eigenvalue weighted by molar-refractivity contribution is 5.98. The number of fused-ring (bicyclic) bond motifs is 2. The van der Waals surface area contributed by atoms with Crippen molar-refractivity contribution in [3.63, 3.8) is 0 Å². The first-order chi connectivity index (χ1) is 65.0. The van der Waals surface area contributed by atoms with Crippen LogP contribution < -0.4 is 47.9 Å². The zero-order chi connectivity index (χ0) is 101. The molecule has 31 N–H and O–H groups in total. The Balaban J connectivity index is 1.02. The van der Waals surface area contributed by atoms with Crippen molar-refractivity contribution in [2.75, 3.05) is 59.2 Å². The van der Waals surface area contributed by atoms with Crippen LogP contribution >= 0.6 is 0 Å². The molecule has 1 aromatic carbocycles. The number of benzene rings is 1. The van der Waals surface area contributed by atoms with Crippen molar-refractivity contribution in [2.24, 2.45) is 11.8 Å². The van der Waals surface area contributed by atoms with Gasteiger partial charge in [-0.1, -0.05) is 77.8 Å². The van der Waals surface area contributed by atoms with E-state index in [0.29, 0.717) is 34.5 Å². The van der Waals surface area contributed by atoms with Crippen LogP contribution in [0.1, 0.15) is 168 Å². The monoisotopic (exact) mass is 1970 g/mol. The molecule has 7 heterocycles. The number of nitrogens with one attached hydrogen (secondary N) is 9. The summed E-state index contributed by atoms with van der Waals surface area (Å²) in [5, 5.41) is 261. The number of aromatic hydroxyl groups is 1. The van der Waals surface area contributed by atoms with Crippen molar-refractivity contribution in [3.05, 3.63) is 29.8 Å². The Hall–Kier alpha value is -7.93. The Morgan fingerprint density at radius 1 is 0.482 bits per heavy atom. The van der Waals surface area contributed by atoms with Crippen LogP contribution in [-0.2, 0) is 85.9 Å². The molecular weight excluding hydrogens is 1830 g/mol. The number of phenolic OH excluding ortho intramolecular Hbond substituents is 1. The number of nitrogens with zero attached hydrogens (tertiary/aromatic N) is 2. The van der Waals surface area contributed by atoms with Crippen LogP contribution in [0.5, 0.6) is 5.75 Å². The lowest BCUT2D eigenvalue weighted by Gasteiger charge is -2.46. The van der Waals surface area contributed by atoms with E-state index in [2.05, 4.69) is 68.6 Å². The maximum absolute atomic E-state index is 15.5. The summed E-state index contributed by atoms with van der Waals surface area (Å²) in [5.74, 6) is -11.9. The van der Waals surface area contributed by atoms with E-state index < -0.39 is 383 Å². The summed E-state index contributed by atoms with van der Waals surface area (Å²) in [6.45, 7) is 1.24. The standard InChI is InChI=1S/C86H141N11O40/c1-5-38(2)30-39(3)14-10-8-6-7-9-11-15-55(110)90-44-32-48(107)76(89-28-27-88-54(109)17-13-19-57(112)135-84-73(124)69(120)75(52(37-101)134-84)137-86-72(123)67(118)64(115)50(35-99)133-86)95-80(128)61-47(106)25-29-96(61)83(130)59(93-79(127)60(65(116)62(113)41-20-22-42(103)23-21-41)94-78(126)45-31-43(104)33-97(45)82(129)58(40(4)102)92-77(44)125)46(105)24-26-87-53(108)16-12-18-56(111)91-81-70(121)68(119)74(51(36-100)131-81)136-85-71(122)66(117)63(114)49(34-98)132-85/h20-23,38-40,43-52,58-76,81,84-86,89,98-107,113-124H,5-19,24-37H2,1-4H3,(H,87,108)(H,88,109)(H,90,110)(H,91,111)(H,92,125)(H,93,127)(H,94,126)(H,95,128)/t38-,39+,40+,43+,44-,45?,46+,47-,48+,49+,50+,51+,52+,58?,59?,60?,61?,62-,63-,64-,65-,66-,67-,68+,69+,70+,71+,72+,73+,74+,75+,76-,81?,84?,85-,86-/m0/s1. The lowest BCUT2D eigenvalue weighted by molar-refractivity contribution is -0.355. The van der Waals surface area contributed by atoms with Gasteiger partial charge in [-0.3, -0.25) is 58.1 Å². The normalized spacial score (nSPS) is 34.7. The van der Waals surface area contributed by atoms with Crippen LogP contribution in [0.4, 0.5) is 0 Å². The molecule has 0 spiro atoms. The van der Waals surface area contributed by atoms with E-state index in [0.717, 1.165) is 76.1 Å². The summed E-state index contributed by atoms with van der Waals surface area (Å²) in [5.41, 5.74) is -0.215. The molecule has 7 saturated heterocycles. The summed E-state index contributed by atoms with van der Waals surface area (Å²) >= 11 is 0. The summed E-state index contributed by atoms with van der Waals surface area (Å²) < 4.78 is 38.1. The molecule has 51 nitrogen and oxygen atoms in total. The van der Waals surface area contributed by atoms with E-state index in [4.69, 9.17) is 33.2 Å². The Bertz CT molecular complexity index is 4000. The molecule has 780 valence electrons. The number of aliphatic hydroxyl groups is 21. The van der Waals surface area contributed by atoms with E-state index in [1.54, 1.807) is 0 Å². The van der Waals surface area contributed by atoms with Crippen LogP contribution in [0.2, 0.25) is 0 Å². The van der Waals surface area contributed by atoms with Gasteiger partial charge in [-0.2, -0.15) is 0 Å². The molecule has 0 bridgehead atoms. The number of hydrogen-bond acceptors (Lipinski definition) is 41. The molecule has 0 saturated carbocycles. The van der Waals surface area contributed by atoms with Crippen molar-refractivity contribution in [1.29, 1.82) is 0 Å². The highest BCUT2D eigenvalue weighted by Crippen LogP contribution is 2.34.